The van der Waals surface area contributed by atoms with Gasteiger partial charge in [-0.2, -0.15) is 11.8 Å². The van der Waals surface area contributed by atoms with Crippen molar-refractivity contribution in [2.24, 2.45) is 0 Å². The summed E-state index contributed by atoms with van der Waals surface area (Å²) in [5.41, 5.74) is -1.04. The molecule has 0 aliphatic heterocycles. The fourth-order valence-electron chi connectivity index (χ4n) is 1.40. The maximum absolute atomic E-state index is 12.1. The predicted molar refractivity (Wildman–Crippen MR) is 83.0 cm³/mol. The van der Waals surface area contributed by atoms with Crippen molar-refractivity contribution in [3.05, 3.63) is 28.7 Å². The Morgan fingerprint density at radius 2 is 2.05 bits per heavy atom. The van der Waals surface area contributed by atoms with Gasteiger partial charge in [-0.05, 0) is 53.4 Å². The number of hydrogen-bond acceptors (Lipinski definition) is 4. The summed E-state index contributed by atoms with van der Waals surface area (Å²) in [4.78, 5) is 0.177. The molecule has 1 rings (SSSR count). The van der Waals surface area contributed by atoms with Crippen LogP contribution in [0, 0.1) is 0 Å². The maximum Gasteiger partial charge on any atom is 0.241 e. The lowest BCUT2D eigenvalue weighted by Crippen LogP contribution is -2.41. The molecule has 0 aromatic heterocycles. The van der Waals surface area contributed by atoms with E-state index >= 15 is 0 Å². The summed E-state index contributed by atoms with van der Waals surface area (Å²) < 4.78 is 27.2. The van der Waals surface area contributed by atoms with Gasteiger partial charge >= 0.3 is 0 Å². The van der Waals surface area contributed by atoms with Crippen molar-refractivity contribution < 1.29 is 13.5 Å². The van der Waals surface area contributed by atoms with Gasteiger partial charge in [-0.25, -0.2) is 13.1 Å². The Labute approximate surface area is 127 Å². The minimum Gasteiger partial charge on any atom is -0.389 e. The molecule has 1 aromatic rings. The Kier molecular flexibility index (Phi) is 6.32. The van der Waals surface area contributed by atoms with Gasteiger partial charge < -0.3 is 5.11 Å². The van der Waals surface area contributed by atoms with Gasteiger partial charge in [0.25, 0.3) is 0 Å². The van der Waals surface area contributed by atoms with E-state index in [0.29, 0.717) is 10.9 Å². The first-order chi connectivity index (χ1) is 8.78. The van der Waals surface area contributed by atoms with E-state index in [9.17, 15) is 13.5 Å². The van der Waals surface area contributed by atoms with Crippen LogP contribution in [-0.4, -0.2) is 37.7 Å². The summed E-state index contributed by atoms with van der Waals surface area (Å²) in [5.74, 6) is 0.782. The molecule has 0 spiro atoms. The van der Waals surface area contributed by atoms with Crippen molar-refractivity contribution in [2.45, 2.75) is 23.8 Å². The molecule has 0 amide bonds. The summed E-state index contributed by atoms with van der Waals surface area (Å²) in [6, 6.07) is 6.59. The van der Waals surface area contributed by atoms with E-state index in [1.54, 1.807) is 36.9 Å². The van der Waals surface area contributed by atoms with E-state index in [-0.39, 0.29) is 11.4 Å². The Morgan fingerprint density at radius 1 is 1.42 bits per heavy atom. The van der Waals surface area contributed by atoms with E-state index in [2.05, 4.69) is 20.7 Å². The molecule has 0 saturated carbocycles. The summed E-state index contributed by atoms with van der Waals surface area (Å²) in [6.45, 7) is 1.63. The smallest absolute Gasteiger partial charge is 0.241 e. The minimum absolute atomic E-state index is 0.00275. The van der Waals surface area contributed by atoms with Crippen LogP contribution in [-0.2, 0) is 10.0 Å². The normalized spacial score (nSPS) is 15.2. The second-order valence-electron chi connectivity index (χ2n) is 4.49. The number of rotatable bonds is 7. The molecular weight excluding hydrogens is 350 g/mol. The molecule has 0 fully saturated rings. The Hall–Kier alpha value is -0.0800. The predicted octanol–water partition coefficient (Wildman–Crippen LogP) is 2.23. The van der Waals surface area contributed by atoms with Gasteiger partial charge in [0.15, 0.2) is 0 Å². The lowest BCUT2D eigenvalue weighted by molar-refractivity contribution is 0.0626. The monoisotopic (exact) mass is 367 g/mol. The average Bonchev–Trinajstić information content (AvgIpc) is 2.35. The second kappa shape index (κ2) is 7.08. The highest BCUT2D eigenvalue weighted by atomic mass is 79.9. The molecule has 0 radical (unpaired) electrons. The third-order valence-electron chi connectivity index (χ3n) is 2.61. The summed E-state index contributed by atoms with van der Waals surface area (Å²) in [7, 11) is -3.61. The molecule has 108 valence electrons. The Balaban J connectivity index is 2.74. The highest BCUT2D eigenvalue weighted by Crippen LogP contribution is 2.21. The molecule has 0 saturated heterocycles. The molecule has 0 bridgehead atoms. The molecule has 0 unspecified atom stereocenters. The van der Waals surface area contributed by atoms with Crippen LogP contribution in [0.25, 0.3) is 0 Å². The third-order valence-corrected chi connectivity index (χ3v) is 5.64. The van der Waals surface area contributed by atoms with Gasteiger partial charge in [0.05, 0.1) is 10.5 Å². The number of benzene rings is 1. The highest BCUT2D eigenvalue weighted by molar-refractivity contribution is 9.10. The van der Waals surface area contributed by atoms with Crippen LogP contribution in [0.3, 0.4) is 0 Å². The Bertz CT molecular complexity index is 517. The first kappa shape index (κ1) is 17.0. The zero-order valence-electron chi connectivity index (χ0n) is 10.9. The van der Waals surface area contributed by atoms with Crippen molar-refractivity contribution in [1.29, 1.82) is 0 Å². The zero-order chi connectivity index (χ0) is 14.5. The van der Waals surface area contributed by atoms with E-state index in [1.165, 1.54) is 6.07 Å². The van der Waals surface area contributed by atoms with Gasteiger partial charge in [-0.1, -0.05) is 12.1 Å². The van der Waals surface area contributed by atoms with Crippen LogP contribution in [0.15, 0.2) is 33.6 Å². The maximum atomic E-state index is 12.1. The SMILES string of the molecule is CSCC[C@@](C)(O)CNS(=O)(=O)c1ccccc1Br. The first-order valence-corrected chi connectivity index (χ1v) is 9.41. The first-order valence-electron chi connectivity index (χ1n) is 5.74. The molecule has 0 aliphatic carbocycles. The van der Waals surface area contributed by atoms with Gasteiger partial charge in [0, 0.05) is 11.0 Å². The third kappa shape index (κ3) is 5.43. The molecule has 7 heteroatoms. The molecule has 0 aliphatic rings. The standard InChI is InChI=1S/C12H18BrNO3S2/c1-12(15,7-8-18-2)9-14-19(16,17)11-6-4-3-5-10(11)13/h3-6,14-15H,7-9H2,1-2H3/t12-/m1/s1. The van der Waals surface area contributed by atoms with Crippen LogP contribution in [0.2, 0.25) is 0 Å². The number of halogens is 1. The van der Waals surface area contributed by atoms with Crippen molar-refractivity contribution in [3.63, 3.8) is 0 Å². The van der Waals surface area contributed by atoms with E-state index < -0.39 is 15.6 Å². The topological polar surface area (TPSA) is 66.4 Å². The van der Waals surface area contributed by atoms with Crippen LogP contribution in [0.1, 0.15) is 13.3 Å². The van der Waals surface area contributed by atoms with Gasteiger partial charge in [-0.15, -0.1) is 0 Å². The van der Waals surface area contributed by atoms with E-state index in [1.807, 2.05) is 6.26 Å². The zero-order valence-corrected chi connectivity index (χ0v) is 14.1. The van der Waals surface area contributed by atoms with Crippen LogP contribution >= 0.6 is 27.7 Å². The summed E-state index contributed by atoms with van der Waals surface area (Å²) in [6.07, 6.45) is 2.48. The van der Waals surface area contributed by atoms with Crippen LogP contribution in [0.5, 0.6) is 0 Å². The number of nitrogens with one attached hydrogen (secondary N) is 1. The highest BCUT2D eigenvalue weighted by Gasteiger charge is 2.24. The van der Waals surface area contributed by atoms with Crippen molar-refractivity contribution in [2.75, 3.05) is 18.6 Å². The van der Waals surface area contributed by atoms with E-state index in [4.69, 9.17) is 0 Å². The summed E-state index contributed by atoms with van der Waals surface area (Å²) in [5, 5.41) is 10.1. The van der Waals surface area contributed by atoms with Gasteiger partial charge in [-0.3, -0.25) is 0 Å². The van der Waals surface area contributed by atoms with Crippen LogP contribution < -0.4 is 4.72 Å². The molecule has 2 N–H and O–H groups in total. The molecule has 1 atom stereocenters. The van der Waals surface area contributed by atoms with Crippen LogP contribution in [0.4, 0.5) is 0 Å². The lowest BCUT2D eigenvalue weighted by atomic mass is 10.1. The lowest BCUT2D eigenvalue weighted by Gasteiger charge is -2.23. The van der Waals surface area contributed by atoms with Crippen molar-refractivity contribution >= 4 is 37.7 Å². The summed E-state index contributed by atoms with van der Waals surface area (Å²) >= 11 is 4.83. The molecule has 4 nitrogen and oxygen atoms in total. The molecule has 19 heavy (non-hydrogen) atoms. The van der Waals surface area contributed by atoms with E-state index in [0.717, 1.165) is 5.75 Å². The molecule has 1 aromatic carbocycles. The number of sulfonamides is 1. The minimum atomic E-state index is -3.61. The van der Waals surface area contributed by atoms with Gasteiger partial charge in [0.2, 0.25) is 10.0 Å². The fourth-order valence-corrected chi connectivity index (χ4v) is 4.21. The number of hydrogen-bond donors (Lipinski definition) is 2. The van der Waals surface area contributed by atoms with Gasteiger partial charge in [0.1, 0.15) is 0 Å². The number of thioether (sulfide) groups is 1. The second-order valence-corrected chi connectivity index (χ2v) is 8.07. The quantitative estimate of drug-likeness (QED) is 0.775. The Morgan fingerprint density at radius 3 is 2.63 bits per heavy atom. The molecular formula is C12H18BrNO3S2. The average molecular weight is 368 g/mol. The van der Waals surface area contributed by atoms with Crippen molar-refractivity contribution in [1.82, 2.24) is 4.72 Å². The fraction of sp³-hybridized carbons (Fsp3) is 0.500. The largest absolute Gasteiger partial charge is 0.389 e. The number of aliphatic hydroxyl groups is 1. The van der Waals surface area contributed by atoms with Crippen molar-refractivity contribution in [3.8, 4) is 0 Å². The molecule has 0 heterocycles.